The van der Waals surface area contributed by atoms with Crippen molar-refractivity contribution in [2.45, 2.75) is 6.54 Å². The molecule has 0 unspecified atom stereocenters. The predicted molar refractivity (Wildman–Crippen MR) is 83.8 cm³/mol. The lowest BCUT2D eigenvalue weighted by molar-refractivity contribution is -0.384. The average Bonchev–Trinajstić information content (AvgIpc) is 2.93. The van der Waals surface area contributed by atoms with Crippen molar-refractivity contribution in [1.82, 2.24) is 9.55 Å². The first kappa shape index (κ1) is 13.9. The predicted octanol–water partition coefficient (Wildman–Crippen LogP) is 3.18. The van der Waals surface area contributed by atoms with Gasteiger partial charge in [0, 0.05) is 16.6 Å². The number of thiophene rings is 1. The fourth-order valence-electron chi connectivity index (χ4n) is 1.95. The molecule has 21 heavy (non-hydrogen) atoms. The third-order valence-corrected chi connectivity index (χ3v) is 4.65. The van der Waals surface area contributed by atoms with Crippen LogP contribution in [-0.4, -0.2) is 14.5 Å². The molecule has 0 spiro atoms. The highest BCUT2D eigenvalue weighted by Gasteiger charge is 2.11. The minimum Gasteiger partial charge on any atom is -0.293 e. The van der Waals surface area contributed by atoms with E-state index in [0.29, 0.717) is 21.2 Å². The second kappa shape index (κ2) is 5.38. The second-order valence-electron chi connectivity index (χ2n) is 4.35. The molecule has 0 fully saturated rings. The highest BCUT2D eigenvalue weighted by Crippen LogP contribution is 2.23. The van der Waals surface area contributed by atoms with E-state index >= 15 is 0 Å². The van der Waals surface area contributed by atoms with Gasteiger partial charge in [0.05, 0.1) is 23.3 Å². The van der Waals surface area contributed by atoms with Crippen LogP contribution in [0.2, 0.25) is 0 Å². The molecule has 0 bridgehead atoms. The van der Waals surface area contributed by atoms with Crippen LogP contribution in [-0.2, 0) is 6.54 Å². The highest BCUT2D eigenvalue weighted by atomic mass is 79.9. The van der Waals surface area contributed by atoms with Gasteiger partial charge in [-0.1, -0.05) is 15.9 Å². The molecule has 0 saturated carbocycles. The Hall–Kier alpha value is -2.06. The Morgan fingerprint density at radius 3 is 2.90 bits per heavy atom. The largest absolute Gasteiger partial charge is 0.293 e. The van der Waals surface area contributed by atoms with E-state index in [1.165, 1.54) is 34.4 Å². The normalized spacial score (nSPS) is 10.9. The first-order valence-corrected chi connectivity index (χ1v) is 7.59. The van der Waals surface area contributed by atoms with Crippen molar-refractivity contribution in [3.8, 4) is 0 Å². The van der Waals surface area contributed by atoms with Gasteiger partial charge in [0.1, 0.15) is 4.70 Å². The summed E-state index contributed by atoms with van der Waals surface area (Å²) >= 11 is 4.65. The summed E-state index contributed by atoms with van der Waals surface area (Å²) in [7, 11) is 0. The lowest BCUT2D eigenvalue weighted by Gasteiger charge is -2.07. The van der Waals surface area contributed by atoms with Crippen molar-refractivity contribution in [3.63, 3.8) is 0 Å². The van der Waals surface area contributed by atoms with Gasteiger partial charge in [-0.2, -0.15) is 0 Å². The minimum atomic E-state index is -0.458. The average molecular weight is 366 g/mol. The van der Waals surface area contributed by atoms with Gasteiger partial charge >= 0.3 is 0 Å². The van der Waals surface area contributed by atoms with Gasteiger partial charge in [-0.15, -0.1) is 11.3 Å². The van der Waals surface area contributed by atoms with Crippen LogP contribution >= 0.6 is 27.3 Å². The molecule has 0 atom stereocenters. The van der Waals surface area contributed by atoms with Crippen LogP contribution in [0, 0.1) is 10.1 Å². The number of hydrogen-bond donors (Lipinski definition) is 0. The zero-order valence-corrected chi connectivity index (χ0v) is 12.9. The summed E-state index contributed by atoms with van der Waals surface area (Å²) in [6, 6.07) is 6.28. The van der Waals surface area contributed by atoms with Crippen molar-refractivity contribution in [3.05, 3.63) is 66.5 Å². The molecule has 2 heterocycles. The maximum Gasteiger partial charge on any atom is 0.271 e. The fourth-order valence-corrected chi connectivity index (χ4v) is 3.24. The summed E-state index contributed by atoms with van der Waals surface area (Å²) in [6.07, 6.45) is 1.49. The van der Waals surface area contributed by atoms with E-state index in [9.17, 15) is 14.9 Å². The number of non-ortho nitro benzene ring substituents is 1. The van der Waals surface area contributed by atoms with E-state index in [-0.39, 0.29) is 11.2 Å². The molecule has 3 rings (SSSR count). The Balaban J connectivity index is 2.00. The van der Waals surface area contributed by atoms with Crippen LogP contribution in [0.15, 0.2) is 45.2 Å². The van der Waals surface area contributed by atoms with Crippen molar-refractivity contribution in [2.75, 3.05) is 0 Å². The molecular weight excluding hydrogens is 358 g/mol. The second-order valence-corrected chi connectivity index (χ2v) is 6.12. The molecule has 6 nitrogen and oxygen atoms in total. The number of fused-ring (bicyclic) bond motifs is 1. The Morgan fingerprint density at radius 2 is 2.19 bits per heavy atom. The van der Waals surface area contributed by atoms with Gasteiger partial charge in [0.15, 0.2) is 0 Å². The third kappa shape index (κ3) is 2.59. The van der Waals surface area contributed by atoms with E-state index in [1.807, 2.05) is 5.38 Å². The number of nitro benzene ring substituents is 1. The van der Waals surface area contributed by atoms with E-state index in [1.54, 1.807) is 12.1 Å². The number of nitrogens with zero attached hydrogens (tertiary/aromatic N) is 3. The minimum absolute atomic E-state index is 0.00445. The zero-order valence-electron chi connectivity index (χ0n) is 10.5. The van der Waals surface area contributed by atoms with Gasteiger partial charge < -0.3 is 0 Å². The van der Waals surface area contributed by atoms with E-state index < -0.39 is 4.92 Å². The number of hydrogen-bond acceptors (Lipinski definition) is 5. The number of rotatable bonds is 3. The first-order valence-electron chi connectivity index (χ1n) is 5.92. The van der Waals surface area contributed by atoms with Crippen molar-refractivity contribution in [2.24, 2.45) is 0 Å². The molecule has 8 heteroatoms. The molecule has 0 aliphatic rings. The van der Waals surface area contributed by atoms with Crippen molar-refractivity contribution < 1.29 is 4.92 Å². The smallest absolute Gasteiger partial charge is 0.271 e. The number of benzene rings is 1. The lowest BCUT2D eigenvalue weighted by Crippen LogP contribution is -2.20. The molecule has 3 aromatic rings. The Morgan fingerprint density at radius 1 is 1.38 bits per heavy atom. The molecule has 2 aromatic heterocycles. The van der Waals surface area contributed by atoms with Crippen molar-refractivity contribution in [1.29, 1.82) is 0 Å². The zero-order chi connectivity index (χ0) is 15.0. The third-order valence-electron chi connectivity index (χ3n) is 3.02. The molecule has 0 N–H and O–H groups in total. The van der Waals surface area contributed by atoms with Crippen LogP contribution in [0.25, 0.3) is 10.2 Å². The molecule has 0 aliphatic heterocycles. The molecule has 0 radical (unpaired) electrons. The van der Waals surface area contributed by atoms with Crippen LogP contribution in [0.5, 0.6) is 0 Å². The number of aromatic nitrogens is 2. The maximum absolute atomic E-state index is 12.3. The van der Waals surface area contributed by atoms with E-state index in [0.717, 1.165) is 5.56 Å². The Kier molecular flexibility index (Phi) is 3.56. The molecule has 0 amide bonds. The quantitative estimate of drug-likeness (QED) is 0.527. The molecule has 1 aromatic carbocycles. The van der Waals surface area contributed by atoms with Crippen LogP contribution in [0.1, 0.15) is 5.56 Å². The Bertz CT molecular complexity index is 903. The molecule has 0 saturated heterocycles. The maximum atomic E-state index is 12.3. The molecule has 0 aliphatic carbocycles. The lowest BCUT2D eigenvalue weighted by atomic mass is 10.2. The monoisotopic (exact) mass is 365 g/mol. The summed E-state index contributed by atoms with van der Waals surface area (Å²) in [5.74, 6) is 0. The molecule has 106 valence electrons. The van der Waals surface area contributed by atoms with Gasteiger partial charge in [0.25, 0.3) is 11.2 Å². The summed E-state index contributed by atoms with van der Waals surface area (Å²) < 4.78 is 2.69. The van der Waals surface area contributed by atoms with Crippen LogP contribution < -0.4 is 5.56 Å². The fraction of sp³-hybridized carbons (Fsp3) is 0.0769. The van der Waals surface area contributed by atoms with Gasteiger partial charge in [0.2, 0.25) is 0 Å². The Labute approximate surface area is 131 Å². The first-order chi connectivity index (χ1) is 10.1. The van der Waals surface area contributed by atoms with Gasteiger partial charge in [-0.25, -0.2) is 4.98 Å². The summed E-state index contributed by atoms with van der Waals surface area (Å²) in [6.45, 7) is 0.304. The van der Waals surface area contributed by atoms with Crippen LogP contribution in [0.3, 0.4) is 0 Å². The summed E-state index contributed by atoms with van der Waals surface area (Å²) in [4.78, 5) is 26.8. The molecular formula is C13H8BrN3O3S. The van der Waals surface area contributed by atoms with Crippen molar-refractivity contribution >= 4 is 43.2 Å². The number of halogens is 1. The summed E-state index contributed by atoms with van der Waals surface area (Å²) in [5.41, 5.74) is 1.36. The highest BCUT2D eigenvalue weighted by molar-refractivity contribution is 9.10. The van der Waals surface area contributed by atoms with Gasteiger partial charge in [-0.05, 0) is 23.1 Å². The van der Waals surface area contributed by atoms with Crippen LogP contribution in [0.4, 0.5) is 5.69 Å². The van der Waals surface area contributed by atoms with E-state index in [2.05, 4.69) is 20.9 Å². The topological polar surface area (TPSA) is 78.0 Å². The van der Waals surface area contributed by atoms with Gasteiger partial charge in [-0.3, -0.25) is 19.5 Å². The summed E-state index contributed by atoms with van der Waals surface area (Å²) in [5, 5.41) is 12.5. The standard InChI is InChI=1S/C13H8BrN3O3S/c14-10-5-9(17(19)20)2-1-8(10)6-16-7-15-11-3-4-21-12(11)13(16)18/h1-5,7H,6H2. The SMILES string of the molecule is O=c1c2sccc2ncn1Cc1ccc([N+](=O)[O-])cc1Br. The number of nitro groups is 1. The van der Waals surface area contributed by atoms with E-state index in [4.69, 9.17) is 0 Å².